The van der Waals surface area contributed by atoms with E-state index in [2.05, 4.69) is 16.0 Å². The van der Waals surface area contributed by atoms with Crippen LogP contribution in [-0.4, -0.2) is 54.0 Å². The second-order valence-electron chi connectivity index (χ2n) is 6.15. The molecule has 2 aliphatic rings. The van der Waals surface area contributed by atoms with Crippen molar-refractivity contribution in [2.45, 2.75) is 43.5 Å². The molecule has 5 nitrogen and oxygen atoms in total. The first-order valence-corrected chi connectivity index (χ1v) is 9.16. The Morgan fingerprint density at radius 3 is 2.86 bits per heavy atom. The van der Waals surface area contributed by atoms with E-state index < -0.39 is 10.0 Å². The molecule has 1 aliphatic carbocycles. The quantitative estimate of drug-likeness (QED) is 0.826. The van der Waals surface area contributed by atoms with Crippen LogP contribution in [0.15, 0.2) is 24.5 Å². The fraction of sp³-hybridized carbons (Fsp3) is 0.667. The van der Waals surface area contributed by atoms with Crippen LogP contribution in [0.3, 0.4) is 0 Å². The van der Waals surface area contributed by atoms with Crippen LogP contribution in [0.2, 0.25) is 0 Å². The predicted molar refractivity (Wildman–Crippen MR) is 82.2 cm³/mol. The van der Waals surface area contributed by atoms with Gasteiger partial charge >= 0.3 is 0 Å². The number of likely N-dealkylation sites (tertiary alicyclic amines) is 1. The Hall–Kier alpha value is -0.980. The normalized spacial score (nSPS) is 24.4. The number of rotatable bonds is 5. The minimum Gasteiger partial charge on any atom is -0.297 e. The van der Waals surface area contributed by atoms with E-state index in [-0.39, 0.29) is 11.3 Å². The molecule has 2 fully saturated rings. The van der Waals surface area contributed by atoms with Gasteiger partial charge in [0.15, 0.2) is 0 Å². The van der Waals surface area contributed by atoms with Crippen molar-refractivity contribution >= 4 is 10.0 Å². The number of pyridine rings is 1. The molecule has 1 atom stereocenters. The second-order valence-corrected chi connectivity index (χ2v) is 8.43. The van der Waals surface area contributed by atoms with Crippen molar-refractivity contribution in [1.82, 2.24) is 14.2 Å². The predicted octanol–water partition coefficient (Wildman–Crippen LogP) is 1.47. The Morgan fingerprint density at radius 1 is 1.38 bits per heavy atom. The van der Waals surface area contributed by atoms with E-state index in [4.69, 9.17) is 0 Å². The minimum atomic E-state index is -3.07. The van der Waals surface area contributed by atoms with Crippen LogP contribution >= 0.6 is 0 Å². The molecule has 116 valence electrons. The highest BCUT2D eigenvalue weighted by Gasteiger charge is 2.41. The van der Waals surface area contributed by atoms with E-state index in [0.29, 0.717) is 0 Å². The van der Waals surface area contributed by atoms with Gasteiger partial charge in [-0.05, 0) is 43.9 Å². The summed E-state index contributed by atoms with van der Waals surface area (Å²) in [6, 6.07) is 4.13. The van der Waals surface area contributed by atoms with E-state index in [1.54, 1.807) is 17.5 Å². The SMILES string of the molecule is CN(C1CCCN(Cc2cccnc2)C1)S(=O)(=O)C1CC1. The average molecular weight is 309 g/mol. The van der Waals surface area contributed by atoms with Gasteiger partial charge in [-0.3, -0.25) is 9.88 Å². The first-order valence-electron chi connectivity index (χ1n) is 7.65. The second kappa shape index (κ2) is 6.02. The lowest BCUT2D eigenvalue weighted by atomic mass is 10.1. The maximum Gasteiger partial charge on any atom is 0.217 e. The fourth-order valence-corrected chi connectivity index (χ4v) is 4.82. The summed E-state index contributed by atoms with van der Waals surface area (Å²) in [5, 5.41) is -0.115. The summed E-state index contributed by atoms with van der Waals surface area (Å²) in [6.45, 7) is 2.70. The zero-order valence-electron chi connectivity index (χ0n) is 12.5. The van der Waals surface area contributed by atoms with Gasteiger partial charge in [-0.15, -0.1) is 0 Å². The number of aromatic nitrogens is 1. The van der Waals surface area contributed by atoms with Gasteiger partial charge in [0, 0.05) is 38.6 Å². The van der Waals surface area contributed by atoms with E-state index in [0.717, 1.165) is 45.3 Å². The third-order valence-electron chi connectivity index (χ3n) is 4.47. The van der Waals surface area contributed by atoms with Crippen LogP contribution < -0.4 is 0 Å². The highest BCUT2D eigenvalue weighted by Crippen LogP contribution is 2.32. The molecular weight excluding hydrogens is 286 g/mol. The lowest BCUT2D eigenvalue weighted by Crippen LogP contribution is -2.49. The molecule has 2 heterocycles. The van der Waals surface area contributed by atoms with E-state index in [1.807, 2.05) is 12.3 Å². The molecule has 0 bridgehead atoms. The Kier molecular flexibility index (Phi) is 4.28. The number of sulfonamides is 1. The van der Waals surface area contributed by atoms with Gasteiger partial charge in [0.2, 0.25) is 10.0 Å². The van der Waals surface area contributed by atoms with E-state index in [1.165, 1.54) is 5.56 Å². The largest absolute Gasteiger partial charge is 0.297 e. The van der Waals surface area contributed by atoms with Gasteiger partial charge in [0.1, 0.15) is 0 Å². The Morgan fingerprint density at radius 2 is 2.19 bits per heavy atom. The van der Waals surface area contributed by atoms with Crippen LogP contribution in [0.4, 0.5) is 0 Å². The zero-order chi connectivity index (χ0) is 14.9. The third-order valence-corrected chi connectivity index (χ3v) is 6.89. The Bertz CT molecular complexity index is 572. The molecule has 1 saturated carbocycles. The molecule has 0 amide bonds. The van der Waals surface area contributed by atoms with Crippen LogP contribution in [0, 0.1) is 0 Å². The summed E-state index contributed by atoms with van der Waals surface area (Å²) >= 11 is 0. The Labute approximate surface area is 127 Å². The van der Waals surface area contributed by atoms with Gasteiger partial charge in [0.05, 0.1) is 5.25 Å². The van der Waals surface area contributed by atoms with Crippen molar-refractivity contribution in [3.63, 3.8) is 0 Å². The van der Waals surface area contributed by atoms with Crippen molar-refractivity contribution in [3.8, 4) is 0 Å². The van der Waals surface area contributed by atoms with Crippen LogP contribution in [0.1, 0.15) is 31.2 Å². The van der Waals surface area contributed by atoms with Crippen molar-refractivity contribution in [3.05, 3.63) is 30.1 Å². The fourth-order valence-electron chi connectivity index (χ4n) is 3.03. The summed E-state index contributed by atoms with van der Waals surface area (Å²) in [5.41, 5.74) is 1.19. The number of hydrogen-bond acceptors (Lipinski definition) is 4. The van der Waals surface area contributed by atoms with E-state index in [9.17, 15) is 8.42 Å². The van der Waals surface area contributed by atoms with Crippen molar-refractivity contribution in [2.75, 3.05) is 20.1 Å². The topological polar surface area (TPSA) is 53.5 Å². The molecule has 1 unspecified atom stereocenters. The molecule has 0 radical (unpaired) electrons. The average Bonchev–Trinajstić information content (AvgIpc) is 3.33. The summed E-state index contributed by atoms with van der Waals surface area (Å²) in [6.07, 6.45) is 7.34. The number of nitrogens with zero attached hydrogens (tertiary/aromatic N) is 3. The van der Waals surface area contributed by atoms with E-state index >= 15 is 0 Å². The Balaban J connectivity index is 1.63. The smallest absolute Gasteiger partial charge is 0.217 e. The lowest BCUT2D eigenvalue weighted by Gasteiger charge is -2.37. The molecule has 1 aliphatic heterocycles. The molecule has 0 spiro atoms. The third kappa shape index (κ3) is 3.44. The summed E-state index contributed by atoms with van der Waals surface area (Å²) in [4.78, 5) is 6.48. The number of piperidine rings is 1. The molecule has 0 aromatic carbocycles. The van der Waals surface area contributed by atoms with Gasteiger partial charge in [0.25, 0.3) is 0 Å². The van der Waals surface area contributed by atoms with Crippen LogP contribution in [0.25, 0.3) is 0 Å². The maximum absolute atomic E-state index is 12.4. The minimum absolute atomic E-state index is 0.112. The van der Waals surface area contributed by atoms with Gasteiger partial charge in [-0.1, -0.05) is 6.07 Å². The van der Waals surface area contributed by atoms with Crippen LogP contribution in [0.5, 0.6) is 0 Å². The van der Waals surface area contributed by atoms with Crippen molar-refractivity contribution < 1.29 is 8.42 Å². The van der Waals surface area contributed by atoms with Crippen molar-refractivity contribution in [2.24, 2.45) is 0 Å². The molecule has 1 aromatic heterocycles. The van der Waals surface area contributed by atoms with Gasteiger partial charge < -0.3 is 0 Å². The summed E-state index contributed by atoms with van der Waals surface area (Å²) in [7, 11) is -1.31. The summed E-state index contributed by atoms with van der Waals surface area (Å²) < 4.78 is 26.3. The standard InChI is InChI=1S/C15H23N3O2S/c1-17(21(19,20)15-6-7-15)14-5-3-9-18(12-14)11-13-4-2-8-16-10-13/h2,4,8,10,14-15H,3,5-7,9,11-12H2,1H3. The molecule has 0 N–H and O–H groups in total. The van der Waals surface area contributed by atoms with Gasteiger partial charge in [-0.25, -0.2) is 12.7 Å². The highest BCUT2D eigenvalue weighted by molar-refractivity contribution is 7.90. The van der Waals surface area contributed by atoms with Crippen molar-refractivity contribution in [1.29, 1.82) is 0 Å². The number of likely N-dealkylation sites (N-methyl/N-ethyl adjacent to an activating group) is 1. The first kappa shape index (κ1) is 14.9. The van der Waals surface area contributed by atoms with Gasteiger partial charge in [-0.2, -0.15) is 0 Å². The van der Waals surface area contributed by atoms with Crippen LogP contribution in [-0.2, 0) is 16.6 Å². The molecule has 3 rings (SSSR count). The molecular formula is C15H23N3O2S. The highest BCUT2D eigenvalue weighted by atomic mass is 32.2. The molecule has 21 heavy (non-hydrogen) atoms. The molecule has 6 heteroatoms. The summed E-state index contributed by atoms with van der Waals surface area (Å²) in [5.74, 6) is 0. The molecule has 1 saturated heterocycles. The zero-order valence-corrected chi connectivity index (χ0v) is 13.3. The number of hydrogen-bond donors (Lipinski definition) is 0. The monoisotopic (exact) mass is 309 g/mol. The maximum atomic E-state index is 12.4. The first-order chi connectivity index (χ1) is 10.1. The molecule has 1 aromatic rings. The lowest BCUT2D eigenvalue weighted by molar-refractivity contribution is 0.153.